The van der Waals surface area contributed by atoms with Crippen LogP contribution in [0.15, 0.2) is 17.5 Å². The van der Waals surface area contributed by atoms with Gasteiger partial charge < -0.3 is 10.2 Å². The fourth-order valence-corrected chi connectivity index (χ4v) is 4.57. The first kappa shape index (κ1) is 21.7. The molecular formula is C15H20Cl3N3OS2. The maximum absolute atomic E-state index is 12.4. The summed E-state index contributed by atoms with van der Waals surface area (Å²) in [6.07, 6.45) is 2.58. The quantitative estimate of drug-likeness (QED) is 0.796. The van der Waals surface area contributed by atoms with E-state index in [2.05, 4.69) is 10.3 Å². The van der Waals surface area contributed by atoms with Gasteiger partial charge in [-0.3, -0.25) is 4.79 Å². The van der Waals surface area contributed by atoms with Gasteiger partial charge in [0, 0.05) is 24.5 Å². The third-order valence-electron chi connectivity index (χ3n) is 3.85. The number of rotatable bonds is 4. The second-order valence-electron chi connectivity index (χ2n) is 5.39. The lowest BCUT2D eigenvalue weighted by Crippen LogP contribution is -2.47. The number of thiazole rings is 1. The van der Waals surface area contributed by atoms with Crippen molar-refractivity contribution in [3.05, 3.63) is 27.5 Å². The van der Waals surface area contributed by atoms with Crippen molar-refractivity contribution in [3.63, 3.8) is 0 Å². The lowest BCUT2D eigenvalue weighted by atomic mass is 10.1. The first-order valence-electron chi connectivity index (χ1n) is 7.31. The Labute approximate surface area is 167 Å². The minimum atomic E-state index is 0. The van der Waals surface area contributed by atoms with E-state index in [0.29, 0.717) is 12.5 Å². The number of amides is 1. The van der Waals surface area contributed by atoms with Crippen molar-refractivity contribution in [2.45, 2.75) is 25.3 Å². The Hall–Kier alpha value is -0.370. The number of nitrogens with zero attached hydrogens (tertiary/aromatic N) is 2. The third-order valence-corrected chi connectivity index (χ3v) is 6.14. The first-order chi connectivity index (χ1) is 10.7. The molecule has 0 radical (unpaired) electrons. The second-order valence-corrected chi connectivity index (χ2v) is 7.97. The van der Waals surface area contributed by atoms with Gasteiger partial charge in [-0.15, -0.1) is 47.5 Å². The number of likely N-dealkylation sites (tertiary alicyclic amines) is 1. The van der Waals surface area contributed by atoms with Crippen molar-refractivity contribution in [3.8, 4) is 9.88 Å². The highest BCUT2D eigenvalue weighted by Gasteiger charge is 2.23. The predicted octanol–water partition coefficient (Wildman–Crippen LogP) is 4.12. The van der Waals surface area contributed by atoms with Crippen LogP contribution in [0.5, 0.6) is 0 Å². The summed E-state index contributed by atoms with van der Waals surface area (Å²) in [5.41, 5.74) is 0.848. The number of thiophene rings is 1. The average Bonchev–Trinajstić information content (AvgIpc) is 3.16. The SMILES string of the molecule is CNC1CCCN(C(=O)Cc2csc(-c3ccc(Cl)s3)n2)C1.Cl.Cl. The Kier molecular flexibility index (Phi) is 8.98. The van der Waals surface area contributed by atoms with Gasteiger partial charge in [0.1, 0.15) is 5.01 Å². The van der Waals surface area contributed by atoms with Gasteiger partial charge in [-0.05, 0) is 32.0 Å². The van der Waals surface area contributed by atoms with Crippen LogP contribution in [-0.4, -0.2) is 42.0 Å². The molecule has 2 aromatic heterocycles. The van der Waals surface area contributed by atoms with Gasteiger partial charge in [-0.1, -0.05) is 11.6 Å². The molecule has 1 unspecified atom stereocenters. The standard InChI is InChI=1S/C15H18ClN3OS2.2ClH/c1-17-10-3-2-6-19(8-10)14(20)7-11-9-21-15(18-11)12-4-5-13(16)22-12;;/h4-5,9-10,17H,2-3,6-8H2,1H3;2*1H. The molecule has 2 aromatic rings. The summed E-state index contributed by atoms with van der Waals surface area (Å²) in [6, 6.07) is 4.26. The van der Waals surface area contributed by atoms with E-state index in [4.69, 9.17) is 11.6 Å². The molecule has 0 aliphatic carbocycles. The summed E-state index contributed by atoms with van der Waals surface area (Å²) in [5.74, 6) is 0.168. The number of carbonyl (C=O) groups is 1. The molecule has 1 aliphatic rings. The Morgan fingerprint density at radius 3 is 2.92 bits per heavy atom. The van der Waals surface area contributed by atoms with E-state index >= 15 is 0 Å². The van der Waals surface area contributed by atoms with Gasteiger partial charge in [-0.2, -0.15) is 0 Å². The van der Waals surface area contributed by atoms with Gasteiger partial charge in [0.05, 0.1) is 21.3 Å². The molecule has 0 spiro atoms. The summed E-state index contributed by atoms with van der Waals surface area (Å²) in [4.78, 5) is 20.0. The minimum Gasteiger partial charge on any atom is -0.341 e. The van der Waals surface area contributed by atoms with Crippen LogP contribution < -0.4 is 5.32 Å². The summed E-state index contributed by atoms with van der Waals surface area (Å²) >= 11 is 9.04. The summed E-state index contributed by atoms with van der Waals surface area (Å²) in [7, 11) is 1.96. The van der Waals surface area contributed by atoms with Crippen LogP contribution in [0, 0.1) is 0 Å². The number of aromatic nitrogens is 1. The zero-order valence-electron chi connectivity index (χ0n) is 13.2. The molecule has 4 nitrogen and oxygen atoms in total. The Morgan fingerprint density at radius 1 is 1.46 bits per heavy atom. The van der Waals surface area contributed by atoms with Crippen LogP contribution in [-0.2, 0) is 11.2 Å². The van der Waals surface area contributed by atoms with Gasteiger partial charge in [0.2, 0.25) is 5.91 Å². The fraction of sp³-hybridized carbons (Fsp3) is 0.467. The van der Waals surface area contributed by atoms with Gasteiger partial charge in [0.15, 0.2) is 0 Å². The van der Waals surface area contributed by atoms with Crippen molar-refractivity contribution in [1.82, 2.24) is 15.2 Å². The summed E-state index contributed by atoms with van der Waals surface area (Å²) in [6.45, 7) is 1.65. The van der Waals surface area contributed by atoms with Crippen molar-refractivity contribution in [1.29, 1.82) is 0 Å². The molecule has 0 aromatic carbocycles. The number of hydrogen-bond acceptors (Lipinski definition) is 5. The van der Waals surface area contributed by atoms with E-state index < -0.39 is 0 Å². The second kappa shape index (κ2) is 9.94. The number of likely N-dealkylation sites (N-methyl/N-ethyl adjacent to an activating group) is 1. The molecule has 0 bridgehead atoms. The number of piperidine rings is 1. The number of hydrogen-bond donors (Lipinski definition) is 1. The Morgan fingerprint density at radius 2 is 2.25 bits per heavy atom. The molecule has 1 aliphatic heterocycles. The van der Waals surface area contributed by atoms with Crippen LogP contribution in [0.4, 0.5) is 0 Å². The molecule has 3 rings (SSSR count). The molecule has 134 valence electrons. The highest BCUT2D eigenvalue weighted by molar-refractivity contribution is 7.23. The van der Waals surface area contributed by atoms with Crippen molar-refractivity contribution in [2.75, 3.05) is 20.1 Å². The van der Waals surface area contributed by atoms with E-state index in [0.717, 1.165) is 45.8 Å². The van der Waals surface area contributed by atoms with E-state index in [1.807, 2.05) is 29.5 Å². The number of nitrogens with one attached hydrogen (secondary N) is 1. The maximum atomic E-state index is 12.4. The Bertz CT molecular complexity index is 662. The van der Waals surface area contributed by atoms with Crippen LogP contribution in [0.25, 0.3) is 9.88 Å². The van der Waals surface area contributed by atoms with Gasteiger partial charge in [0.25, 0.3) is 0 Å². The summed E-state index contributed by atoms with van der Waals surface area (Å²) < 4.78 is 0.759. The lowest BCUT2D eigenvalue weighted by Gasteiger charge is -2.32. The highest BCUT2D eigenvalue weighted by Crippen LogP contribution is 2.33. The zero-order valence-corrected chi connectivity index (χ0v) is 17.2. The normalized spacial score (nSPS) is 17.1. The molecule has 24 heavy (non-hydrogen) atoms. The van der Waals surface area contributed by atoms with Gasteiger partial charge >= 0.3 is 0 Å². The van der Waals surface area contributed by atoms with Crippen LogP contribution in [0.2, 0.25) is 4.34 Å². The number of halogens is 3. The van der Waals surface area contributed by atoms with Gasteiger partial charge in [-0.25, -0.2) is 4.98 Å². The monoisotopic (exact) mass is 427 g/mol. The van der Waals surface area contributed by atoms with E-state index in [-0.39, 0.29) is 30.7 Å². The third kappa shape index (κ3) is 5.31. The average molecular weight is 429 g/mol. The van der Waals surface area contributed by atoms with E-state index in [1.165, 1.54) is 11.3 Å². The molecule has 1 fully saturated rings. The zero-order chi connectivity index (χ0) is 15.5. The topological polar surface area (TPSA) is 45.2 Å². The molecule has 1 atom stereocenters. The van der Waals surface area contributed by atoms with E-state index in [9.17, 15) is 4.79 Å². The molecule has 1 saturated heterocycles. The minimum absolute atomic E-state index is 0. The lowest BCUT2D eigenvalue weighted by molar-refractivity contribution is -0.131. The molecule has 1 N–H and O–H groups in total. The summed E-state index contributed by atoms with van der Waals surface area (Å²) in [5, 5.41) is 6.17. The van der Waals surface area contributed by atoms with Crippen molar-refractivity contribution in [2.24, 2.45) is 0 Å². The van der Waals surface area contributed by atoms with Crippen molar-refractivity contribution < 1.29 is 4.79 Å². The maximum Gasteiger partial charge on any atom is 0.228 e. The van der Waals surface area contributed by atoms with Crippen molar-refractivity contribution >= 4 is 65.0 Å². The molecular weight excluding hydrogens is 409 g/mol. The molecule has 0 saturated carbocycles. The molecule has 3 heterocycles. The molecule has 9 heteroatoms. The fourth-order valence-electron chi connectivity index (χ4n) is 2.64. The Balaban J connectivity index is 0.00000144. The molecule has 1 amide bonds. The smallest absolute Gasteiger partial charge is 0.228 e. The van der Waals surface area contributed by atoms with Crippen LogP contribution in [0.1, 0.15) is 18.5 Å². The first-order valence-corrected chi connectivity index (χ1v) is 9.38. The highest BCUT2D eigenvalue weighted by atomic mass is 35.5. The largest absolute Gasteiger partial charge is 0.341 e. The predicted molar refractivity (Wildman–Crippen MR) is 107 cm³/mol. The van der Waals surface area contributed by atoms with Crippen LogP contribution >= 0.6 is 59.1 Å². The van der Waals surface area contributed by atoms with Crippen LogP contribution in [0.3, 0.4) is 0 Å². The van der Waals surface area contributed by atoms with E-state index in [1.54, 1.807) is 11.3 Å². The number of carbonyl (C=O) groups excluding carboxylic acids is 1.